The average Bonchev–Trinajstić information content (AvgIpc) is 3.05. The lowest BCUT2D eigenvalue weighted by Gasteiger charge is -2.09. The molecule has 5 nitrogen and oxygen atoms in total. The molecule has 2 aromatic carbocycles. The second-order valence-electron chi connectivity index (χ2n) is 6.10. The van der Waals surface area contributed by atoms with Gasteiger partial charge >= 0.3 is 0 Å². The number of likely N-dealkylation sites (N-methyl/N-ethyl adjacent to an activating group) is 1. The largest absolute Gasteiger partial charge is 0.491 e. The number of nitrogens with zero attached hydrogens (tertiary/aromatic N) is 1. The monoisotopic (exact) mass is 366 g/mol. The fourth-order valence-corrected chi connectivity index (χ4v) is 2.85. The standard InChI is InChI=1S/C21H19FN2O3/c1-23-8-9-25-15-11-18(22)19(24-12-15)13-26-14-6-7-21-17(10-14)16-4-2-3-5-20(16)27-21/h2-7,10-12,23H,8-9,13H2,1H3. The summed E-state index contributed by atoms with van der Waals surface area (Å²) in [6.07, 6.45) is 1.50. The molecule has 2 heterocycles. The van der Waals surface area contributed by atoms with Gasteiger partial charge in [-0.25, -0.2) is 4.39 Å². The topological polar surface area (TPSA) is 56.5 Å². The van der Waals surface area contributed by atoms with Crippen molar-refractivity contribution in [2.75, 3.05) is 20.2 Å². The molecule has 0 fully saturated rings. The van der Waals surface area contributed by atoms with Crippen molar-refractivity contribution in [3.05, 3.63) is 66.2 Å². The van der Waals surface area contributed by atoms with E-state index in [1.807, 2.05) is 43.4 Å². The lowest BCUT2D eigenvalue weighted by atomic mass is 10.1. The Morgan fingerprint density at radius 2 is 1.85 bits per heavy atom. The fraction of sp³-hybridized carbons (Fsp3) is 0.190. The second-order valence-corrected chi connectivity index (χ2v) is 6.10. The van der Waals surface area contributed by atoms with E-state index in [2.05, 4.69) is 10.3 Å². The quantitative estimate of drug-likeness (QED) is 0.494. The van der Waals surface area contributed by atoms with Crippen LogP contribution in [0, 0.1) is 5.82 Å². The lowest BCUT2D eigenvalue weighted by Crippen LogP contribution is -2.16. The highest BCUT2D eigenvalue weighted by Gasteiger charge is 2.10. The Morgan fingerprint density at radius 3 is 2.70 bits per heavy atom. The Hall–Kier alpha value is -3.12. The third-order valence-corrected chi connectivity index (χ3v) is 4.24. The van der Waals surface area contributed by atoms with Crippen molar-refractivity contribution < 1.29 is 18.3 Å². The summed E-state index contributed by atoms with van der Waals surface area (Å²) in [5.41, 5.74) is 1.84. The molecule has 0 spiro atoms. The number of para-hydroxylation sites is 1. The minimum Gasteiger partial charge on any atom is -0.491 e. The van der Waals surface area contributed by atoms with E-state index in [4.69, 9.17) is 13.9 Å². The number of benzene rings is 2. The summed E-state index contributed by atoms with van der Waals surface area (Å²) >= 11 is 0. The third kappa shape index (κ3) is 3.71. The number of halogens is 1. The molecule has 0 aliphatic heterocycles. The van der Waals surface area contributed by atoms with Gasteiger partial charge in [0.2, 0.25) is 0 Å². The van der Waals surface area contributed by atoms with Crippen molar-refractivity contribution >= 4 is 21.9 Å². The number of hydrogen-bond donors (Lipinski definition) is 1. The molecule has 0 saturated heterocycles. The van der Waals surface area contributed by atoms with Gasteiger partial charge in [0, 0.05) is 23.4 Å². The number of aromatic nitrogens is 1. The van der Waals surface area contributed by atoms with Crippen molar-refractivity contribution in [3.63, 3.8) is 0 Å². The van der Waals surface area contributed by atoms with E-state index in [1.165, 1.54) is 12.3 Å². The van der Waals surface area contributed by atoms with Crippen molar-refractivity contribution in [1.29, 1.82) is 0 Å². The molecule has 2 aromatic heterocycles. The average molecular weight is 366 g/mol. The number of rotatable bonds is 7. The van der Waals surface area contributed by atoms with E-state index in [1.54, 1.807) is 6.07 Å². The summed E-state index contributed by atoms with van der Waals surface area (Å²) in [5.74, 6) is 0.578. The second kappa shape index (κ2) is 7.63. The zero-order valence-corrected chi connectivity index (χ0v) is 14.9. The summed E-state index contributed by atoms with van der Waals surface area (Å²) in [5, 5.41) is 4.94. The Kier molecular flexibility index (Phi) is 4.89. The molecule has 6 heteroatoms. The Labute approximate surface area is 155 Å². The summed E-state index contributed by atoms with van der Waals surface area (Å²) in [7, 11) is 1.83. The summed E-state index contributed by atoms with van der Waals surface area (Å²) < 4.78 is 31.2. The minimum atomic E-state index is -0.452. The van der Waals surface area contributed by atoms with Gasteiger partial charge in [0.15, 0.2) is 5.82 Å². The lowest BCUT2D eigenvalue weighted by molar-refractivity contribution is 0.290. The fourth-order valence-electron chi connectivity index (χ4n) is 2.85. The van der Waals surface area contributed by atoms with Crippen LogP contribution in [-0.4, -0.2) is 25.2 Å². The zero-order valence-electron chi connectivity index (χ0n) is 14.9. The number of furan rings is 1. The smallest absolute Gasteiger partial charge is 0.151 e. The van der Waals surface area contributed by atoms with Crippen molar-refractivity contribution in [1.82, 2.24) is 10.3 Å². The zero-order chi connectivity index (χ0) is 18.6. The maximum absolute atomic E-state index is 14.2. The number of ether oxygens (including phenoxy) is 2. The van der Waals surface area contributed by atoms with Gasteiger partial charge in [-0.05, 0) is 31.3 Å². The van der Waals surface area contributed by atoms with Gasteiger partial charge in [-0.2, -0.15) is 0 Å². The molecule has 4 rings (SSSR count). The van der Waals surface area contributed by atoms with E-state index in [0.717, 1.165) is 21.9 Å². The van der Waals surface area contributed by atoms with Crippen LogP contribution in [0.15, 0.2) is 59.1 Å². The molecule has 0 aliphatic rings. The first kappa shape index (κ1) is 17.3. The van der Waals surface area contributed by atoms with Gasteiger partial charge in [-0.15, -0.1) is 0 Å². The van der Waals surface area contributed by atoms with Crippen LogP contribution in [0.4, 0.5) is 4.39 Å². The highest BCUT2D eigenvalue weighted by molar-refractivity contribution is 6.05. The molecule has 27 heavy (non-hydrogen) atoms. The highest BCUT2D eigenvalue weighted by Crippen LogP contribution is 2.31. The summed E-state index contributed by atoms with van der Waals surface area (Å²) in [6, 6.07) is 14.7. The van der Waals surface area contributed by atoms with Crippen LogP contribution in [0.5, 0.6) is 11.5 Å². The first-order valence-corrected chi connectivity index (χ1v) is 8.70. The van der Waals surface area contributed by atoms with Crippen LogP contribution < -0.4 is 14.8 Å². The molecule has 0 saturated carbocycles. The molecule has 1 N–H and O–H groups in total. The molecule has 138 valence electrons. The third-order valence-electron chi connectivity index (χ3n) is 4.24. The van der Waals surface area contributed by atoms with Gasteiger partial charge in [0.1, 0.15) is 41.6 Å². The maximum atomic E-state index is 14.2. The van der Waals surface area contributed by atoms with Crippen molar-refractivity contribution in [2.24, 2.45) is 0 Å². The van der Waals surface area contributed by atoms with Crippen LogP contribution >= 0.6 is 0 Å². The SMILES string of the molecule is CNCCOc1cnc(COc2ccc3oc4ccccc4c3c2)c(F)c1. The van der Waals surface area contributed by atoms with Crippen LogP contribution in [0.3, 0.4) is 0 Å². The van der Waals surface area contributed by atoms with Crippen molar-refractivity contribution in [2.45, 2.75) is 6.61 Å². The van der Waals surface area contributed by atoms with Crippen LogP contribution in [0.25, 0.3) is 21.9 Å². The molecule has 0 unspecified atom stereocenters. The van der Waals surface area contributed by atoms with Gasteiger partial charge in [-0.3, -0.25) is 4.98 Å². The molecule has 0 bridgehead atoms. The first-order valence-electron chi connectivity index (χ1n) is 8.70. The molecular formula is C21H19FN2O3. The van der Waals surface area contributed by atoms with Gasteiger partial charge in [0.25, 0.3) is 0 Å². The number of nitrogens with one attached hydrogen (secondary N) is 1. The normalized spacial score (nSPS) is 11.2. The van der Waals surface area contributed by atoms with Gasteiger partial charge < -0.3 is 19.2 Å². The van der Waals surface area contributed by atoms with Gasteiger partial charge in [-0.1, -0.05) is 18.2 Å². The van der Waals surface area contributed by atoms with Gasteiger partial charge in [0.05, 0.1) is 6.20 Å². The van der Waals surface area contributed by atoms with E-state index < -0.39 is 5.82 Å². The highest BCUT2D eigenvalue weighted by atomic mass is 19.1. The predicted octanol–water partition coefficient (Wildman–Crippen LogP) is 4.30. The van der Waals surface area contributed by atoms with Crippen LogP contribution in [-0.2, 0) is 6.61 Å². The number of hydrogen-bond acceptors (Lipinski definition) is 5. The predicted molar refractivity (Wildman–Crippen MR) is 102 cm³/mol. The Balaban J connectivity index is 1.49. The maximum Gasteiger partial charge on any atom is 0.151 e. The van der Waals surface area contributed by atoms with E-state index in [9.17, 15) is 4.39 Å². The summed E-state index contributed by atoms with van der Waals surface area (Å²) in [6.45, 7) is 1.16. The molecule has 0 atom stereocenters. The molecule has 0 radical (unpaired) electrons. The van der Waals surface area contributed by atoms with Crippen molar-refractivity contribution in [3.8, 4) is 11.5 Å². The molecule has 0 amide bonds. The molecular weight excluding hydrogens is 347 g/mol. The van der Waals surface area contributed by atoms with Crippen LogP contribution in [0.1, 0.15) is 5.69 Å². The first-order chi connectivity index (χ1) is 13.2. The molecule has 4 aromatic rings. The summed E-state index contributed by atoms with van der Waals surface area (Å²) in [4.78, 5) is 4.11. The van der Waals surface area contributed by atoms with E-state index in [-0.39, 0.29) is 12.3 Å². The number of fused-ring (bicyclic) bond motifs is 3. The Morgan fingerprint density at radius 1 is 1.00 bits per heavy atom. The van der Waals surface area contributed by atoms with E-state index >= 15 is 0 Å². The van der Waals surface area contributed by atoms with E-state index in [0.29, 0.717) is 24.7 Å². The Bertz CT molecular complexity index is 1080. The minimum absolute atomic E-state index is 0.0317. The molecule has 0 aliphatic carbocycles. The number of pyridine rings is 1. The van der Waals surface area contributed by atoms with Crippen LogP contribution in [0.2, 0.25) is 0 Å².